The van der Waals surface area contributed by atoms with Gasteiger partial charge in [-0.25, -0.2) is 9.97 Å². The van der Waals surface area contributed by atoms with Gasteiger partial charge in [0.25, 0.3) is 5.91 Å². The van der Waals surface area contributed by atoms with Crippen LogP contribution in [0.15, 0.2) is 18.3 Å². The molecule has 25 heavy (non-hydrogen) atoms. The van der Waals surface area contributed by atoms with E-state index in [0.29, 0.717) is 18.2 Å². The summed E-state index contributed by atoms with van der Waals surface area (Å²) in [7, 11) is 0. The van der Waals surface area contributed by atoms with Crippen molar-refractivity contribution in [2.24, 2.45) is 0 Å². The molecule has 1 aliphatic carbocycles. The minimum Gasteiger partial charge on any atom is -0.367 e. The molecule has 1 saturated carbocycles. The molecule has 3 aromatic heterocycles. The maximum atomic E-state index is 12.2. The third-order valence-electron chi connectivity index (χ3n) is 4.27. The molecule has 0 aromatic carbocycles. The Kier molecular flexibility index (Phi) is 3.87. The van der Waals surface area contributed by atoms with Crippen molar-refractivity contribution in [2.75, 3.05) is 11.9 Å². The summed E-state index contributed by atoms with van der Waals surface area (Å²) in [5.41, 5.74) is 2.11. The zero-order chi connectivity index (χ0) is 17.4. The second kappa shape index (κ2) is 6.19. The maximum Gasteiger partial charge on any atom is 0.272 e. The van der Waals surface area contributed by atoms with Crippen molar-refractivity contribution >= 4 is 22.8 Å². The van der Waals surface area contributed by atoms with Crippen LogP contribution in [0.4, 0.5) is 5.82 Å². The van der Waals surface area contributed by atoms with Gasteiger partial charge >= 0.3 is 0 Å². The first-order valence-corrected chi connectivity index (χ1v) is 8.52. The van der Waals surface area contributed by atoms with Gasteiger partial charge in [-0.2, -0.15) is 5.10 Å². The molecule has 0 saturated heterocycles. The number of nitrogens with one attached hydrogen (secondary N) is 4. The molecule has 0 spiro atoms. The molecule has 0 unspecified atom stereocenters. The number of nitrogens with zero attached hydrogens (tertiary/aromatic N) is 3. The summed E-state index contributed by atoms with van der Waals surface area (Å²) in [6.45, 7) is 4.38. The van der Waals surface area contributed by atoms with E-state index < -0.39 is 0 Å². The van der Waals surface area contributed by atoms with Crippen molar-refractivity contribution in [3.63, 3.8) is 0 Å². The van der Waals surface area contributed by atoms with E-state index in [1.54, 1.807) is 6.07 Å². The second-order valence-corrected chi connectivity index (χ2v) is 6.64. The van der Waals surface area contributed by atoms with E-state index in [-0.39, 0.29) is 11.9 Å². The van der Waals surface area contributed by atoms with Gasteiger partial charge in [0, 0.05) is 30.4 Å². The van der Waals surface area contributed by atoms with E-state index in [9.17, 15) is 4.79 Å². The lowest BCUT2D eigenvalue weighted by Gasteiger charge is -2.15. The van der Waals surface area contributed by atoms with Crippen molar-refractivity contribution < 1.29 is 4.79 Å². The Labute approximate surface area is 144 Å². The van der Waals surface area contributed by atoms with E-state index in [4.69, 9.17) is 0 Å². The van der Waals surface area contributed by atoms with Crippen LogP contribution < -0.4 is 10.6 Å². The number of H-pyrrole nitrogens is 2. The summed E-state index contributed by atoms with van der Waals surface area (Å²) in [6, 6.07) is 3.62. The topological polar surface area (TPSA) is 111 Å². The number of amides is 1. The van der Waals surface area contributed by atoms with Crippen LogP contribution in [0, 0.1) is 6.92 Å². The van der Waals surface area contributed by atoms with Gasteiger partial charge < -0.3 is 15.6 Å². The summed E-state index contributed by atoms with van der Waals surface area (Å²) in [5, 5.41) is 14.0. The lowest BCUT2D eigenvalue weighted by molar-refractivity contribution is 0.0937. The predicted molar refractivity (Wildman–Crippen MR) is 94.6 cm³/mol. The molecule has 3 heterocycles. The predicted octanol–water partition coefficient (Wildman–Crippen LogP) is 2.10. The van der Waals surface area contributed by atoms with E-state index in [2.05, 4.69) is 35.8 Å². The number of carbonyl (C=O) groups is 1. The first-order chi connectivity index (χ1) is 12.1. The van der Waals surface area contributed by atoms with Crippen molar-refractivity contribution in [3.8, 4) is 0 Å². The van der Waals surface area contributed by atoms with Crippen molar-refractivity contribution in [3.05, 3.63) is 35.5 Å². The number of aryl methyl sites for hydroxylation is 1. The molecule has 4 rings (SSSR count). The molecule has 8 nitrogen and oxygen atoms in total. The molecule has 3 aromatic rings. The van der Waals surface area contributed by atoms with E-state index in [1.165, 1.54) is 0 Å². The van der Waals surface area contributed by atoms with Gasteiger partial charge in [0.15, 0.2) is 0 Å². The standard InChI is InChI=1S/C17H21N7O/c1-9-7-13(24-23-9)17(25)20-10(2)8-19-16-12-5-6-18-15(12)21-14(22-16)11-3-4-11/h5-7,10-11H,3-4,8H2,1-2H3,(H,20,25)(H,23,24)(H2,18,19,21,22)/t10-/m1/s1. The molecule has 1 fully saturated rings. The number of rotatable bonds is 6. The molecule has 0 bridgehead atoms. The number of aromatic amines is 2. The van der Waals surface area contributed by atoms with Gasteiger partial charge in [-0.05, 0) is 38.8 Å². The summed E-state index contributed by atoms with van der Waals surface area (Å²) in [4.78, 5) is 24.6. The van der Waals surface area contributed by atoms with E-state index >= 15 is 0 Å². The molecule has 8 heteroatoms. The van der Waals surface area contributed by atoms with Crippen molar-refractivity contribution in [1.82, 2.24) is 30.5 Å². The first-order valence-electron chi connectivity index (χ1n) is 8.52. The Hall–Kier alpha value is -2.90. The minimum absolute atomic E-state index is 0.0714. The number of fused-ring (bicyclic) bond motifs is 1. The average molecular weight is 339 g/mol. The normalized spacial score (nSPS) is 15.3. The highest BCUT2D eigenvalue weighted by Gasteiger charge is 2.27. The Balaban J connectivity index is 1.43. The molecule has 1 aliphatic rings. The van der Waals surface area contributed by atoms with Gasteiger partial charge in [-0.15, -0.1) is 0 Å². The van der Waals surface area contributed by atoms with Crippen LogP contribution in [-0.2, 0) is 0 Å². The summed E-state index contributed by atoms with van der Waals surface area (Å²) >= 11 is 0. The molecular weight excluding hydrogens is 318 g/mol. The number of anilines is 1. The number of carbonyl (C=O) groups excluding carboxylic acids is 1. The van der Waals surface area contributed by atoms with Crippen LogP contribution in [0.25, 0.3) is 11.0 Å². The van der Waals surface area contributed by atoms with E-state index in [0.717, 1.165) is 41.2 Å². The highest BCUT2D eigenvalue weighted by Crippen LogP contribution is 2.39. The zero-order valence-corrected chi connectivity index (χ0v) is 14.3. The summed E-state index contributed by atoms with van der Waals surface area (Å²) in [6.07, 6.45) is 4.18. The highest BCUT2D eigenvalue weighted by atomic mass is 16.2. The fraction of sp³-hybridized carbons (Fsp3) is 0.412. The molecule has 1 amide bonds. The Morgan fingerprint density at radius 3 is 2.96 bits per heavy atom. The van der Waals surface area contributed by atoms with Crippen LogP contribution in [0.3, 0.4) is 0 Å². The summed E-state index contributed by atoms with van der Waals surface area (Å²) < 4.78 is 0. The highest BCUT2D eigenvalue weighted by molar-refractivity contribution is 5.92. The van der Waals surface area contributed by atoms with Crippen LogP contribution >= 0.6 is 0 Å². The lowest BCUT2D eigenvalue weighted by Crippen LogP contribution is -2.37. The van der Waals surface area contributed by atoms with Gasteiger partial charge in [0.05, 0.1) is 5.39 Å². The average Bonchev–Trinajstić information content (AvgIpc) is 3.17. The van der Waals surface area contributed by atoms with Gasteiger partial charge in [-0.3, -0.25) is 9.89 Å². The Morgan fingerprint density at radius 1 is 1.40 bits per heavy atom. The third kappa shape index (κ3) is 3.33. The lowest BCUT2D eigenvalue weighted by atomic mass is 10.2. The van der Waals surface area contributed by atoms with Crippen molar-refractivity contribution in [2.45, 2.75) is 38.6 Å². The number of hydrogen-bond donors (Lipinski definition) is 4. The Morgan fingerprint density at radius 2 is 2.24 bits per heavy atom. The SMILES string of the molecule is Cc1cc(C(=O)N[C@H](C)CNc2nc(C3CC3)nc3[nH]ccc23)n[nH]1. The Bertz CT molecular complexity index is 909. The maximum absolute atomic E-state index is 12.2. The summed E-state index contributed by atoms with van der Waals surface area (Å²) in [5.74, 6) is 1.99. The second-order valence-electron chi connectivity index (χ2n) is 6.64. The van der Waals surface area contributed by atoms with Crippen LogP contribution in [0.5, 0.6) is 0 Å². The van der Waals surface area contributed by atoms with Crippen molar-refractivity contribution in [1.29, 1.82) is 0 Å². The molecular formula is C17H21N7O. The van der Waals surface area contributed by atoms with Crippen LogP contribution in [0.1, 0.15) is 47.7 Å². The van der Waals surface area contributed by atoms with E-state index in [1.807, 2.05) is 26.1 Å². The molecule has 1 atom stereocenters. The third-order valence-corrected chi connectivity index (χ3v) is 4.27. The van der Waals surface area contributed by atoms with Crippen LogP contribution in [0.2, 0.25) is 0 Å². The molecule has 0 aliphatic heterocycles. The molecule has 4 N–H and O–H groups in total. The largest absolute Gasteiger partial charge is 0.367 e. The fourth-order valence-corrected chi connectivity index (χ4v) is 2.75. The first kappa shape index (κ1) is 15.6. The zero-order valence-electron chi connectivity index (χ0n) is 14.3. The smallest absolute Gasteiger partial charge is 0.272 e. The number of hydrogen-bond acceptors (Lipinski definition) is 5. The van der Waals surface area contributed by atoms with Gasteiger partial charge in [0.1, 0.15) is 23.0 Å². The van der Waals surface area contributed by atoms with Gasteiger partial charge in [0.2, 0.25) is 0 Å². The monoisotopic (exact) mass is 339 g/mol. The molecule has 0 radical (unpaired) electrons. The van der Waals surface area contributed by atoms with Gasteiger partial charge in [-0.1, -0.05) is 0 Å². The quantitative estimate of drug-likeness (QED) is 0.549. The molecule has 130 valence electrons. The fourth-order valence-electron chi connectivity index (χ4n) is 2.75. The van der Waals surface area contributed by atoms with Crippen LogP contribution in [-0.4, -0.2) is 43.6 Å². The minimum atomic E-state index is -0.188. The number of aromatic nitrogens is 5.